The number of anilines is 2. The van der Waals surface area contributed by atoms with E-state index in [1.165, 1.54) is 0 Å². The number of aromatic nitrogens is 2. The highest BCUT2D eigenvalue weighted by molar-refractivity contribution is 5.94. The number of carbonyl (C=O) groups excluding carboxylic acids is 1. The van der Waals surface area contributed by atoms with E-state index in [0.717, 1.165) is 37.2 Å². The Kier molecular flexibility index (Phi) is 5.07. The van der Waals surface area contributed by atoms with Crippen LogP contribution in [-0.2, 0) is 4.79 Å². The summed E-state index contributed by atoms with van der Waals surface area (Å²) in [5.74, 6) is 1.95. The van der Waals surface area contributed by atoms with E-state index >= 15 is 0 Å². The van der Waals surface area contributed by atoms with Crippen LogP contribution in [0.3, 0.4) is 0 Å². The molecule has 2 aromatic rings. The first-order chi connectivity index (χ1) is 13.5. The van der Waals surface area contributed by atoms with Gasteiger partial charge in [-0.3, -0.25) is 14.6 Å². The Morgan fingerprint density at radius 2 is 1.89 bits per heavy atom. The van der Waals surface area contributed by atoms with E-state index in [1.807, 2.05) is 31.2 Å². The quantitative estimate of drug-likeness (QED) is 0.849. The molecule has 0 unspecified atom stereocenters. The van der Waals surface area contributed by atoms with Gasteiger partial charge < -0.3 is 15.0 Å². The lowest BCUT2D eigenvalue weighted by Crippen LogP contribution is -2.37. The zero-order valence-corrected chi connectivity index (χ0v) is 16.3. The van der Waals surface area contributed by atoms with Crippen molar-refractivity contribution in [1.82, 2.24) is 9.97 Å². The van der Waals surface area contributed by atoms with Crippen LogP contribution in [0.15, 0.2) is 29.1 Å². The van der Waals surface area contributed by atoms with Crippen LogP contribution in [0.1, 0.15) is 50.2 Å². The molecule has 0 spiro atoms. The smallest absolute Gasteiger partial charge is 0.258 e. The van der Waals surface area contributed by atoms with E-state index in [2.05, 4.69) is 27.1 Å². The minimum absolute atomic E-state index is 0.122. The van der Waals surface area contributed by atoms with E-state index in [0.29, 0.717) is 29.9 Å². The molecule has 2 N–H and O–H groups in total. The minimum atomic E-state index is -0.314. The van der Waals surface area contributed by atoms with Gasteiger partial charge in [0.25, 0.3) is 5.56 Å². The standard InChI is InChI=1S/C21H26N4O3/c1-3-28-15-6-4-14(5-7-15)16-12-17(26)22-19-18(16)20(27)24-21(23-19)25-10-8-13(2)9-11-25/h4-7,13,16H,3,8-12H2,1-2H3,(H2,22,23,24,26,27)/t16-/m0/s1. The molecule has 0 aliphatic carbocycles. The van der Waals surface area contributed by atoms with E-state index in [9.17, 15) is 9.59 Å². The molecule has 2 aliphatic heterocycles. The van der Waals surface area contributed by atoms with Gasteiger partial charge in [0.1, 0.15) is 11.6 Å². The zero-order chi connectivity index (χ0) is 19.7. The van der Waals surface area contributed by atoms with Crippen molar-refractivity contribution >= 4 is 17.7 Å². The Balaban J connectivity index is 1.68. The molecular formula is C21H26N4O3. The third-order valence-corrected chi connectivity index (χ3v) is 5.62. The third-order valence-electron chi connectivity index (χ3n) is 5.62. The highest BCUT2D eigenvalue weighted by atomic mass is 16.5. The molecule has 0 bridgehead atoms. The van der Waals surface area contributed by atoms with Crippen LogP contribution in [0, 0.1) is 5.92 Å². The second-order valence-corrected chi connectivity index (χ2v) is 7.63. The molecule has 7 nitrogen and oxygen atoms in total. The van der Waals surface area contributed by atoms with E-state index in [4.69, 9.17) is 4.74 Å². The van der Waals surface area contributed by atoms with Crippen LogP contribution in [0.4, 0.5) is 11.8 Å². The molecule has 1 fully saturated rings. The summed E-state index contributed by atoms with van der Waals surface area (Å²) in [6.07, 6.45) is 2.37. The van der Waals surface area contributed by atoms with Gasteiger partial charge >= 0.3 is 0 Å². The highest BCUT2D eigenvalue weighted by Gasteiger charge is 2.31. The zero-order valence-electron chi connectivity index (χ0n) is 16.3. The number of hydrogen-bond donors (Lipinski definition) is 2. The van der Waals surface area contributed by atoms with Crippen molar-refractivity contribution in [3.8, 4) is 5.75 Å². The van der Waals surface area contributed by atoms with Crippen molar-refractivity contribution < 1.29 is 9.53 Å². The lowest BCUT2D eigenvalue weighted by Gasteiger charge is -2.32. The van der Waals surface area contributed by atoms with Crippen molar-refractivity contribution in [2.75, 3.05) is 29.9 Å². The number of carbonyl (C=O) groups is 1. The van der Waals surface area contributed by atoms with Gasteiger partial charge in [-0.2, -0.15) is 4.98 Å². The predicted molar refractivity (Wildman–Crippen MR) is 108 cm³/mol. The third kappa shape index (κ3) is 3.61. The second-order valence-electron chi connectivity index (χ2n) is 7.63. The average Bonchev–Trinajstić information content (AvgIpc) is 2.68. The fourth-order valence-corrected chi connectivity index (χ4v) is 3.98. The maximum atomic E-state index is 13.0. The molecule has 1 atom stereocenters. The number of piperidine rings is 1. The number of hydrogen-bond acceptors (Lipinski definition) is 5. The van der Waals surface area contributed by atoms with Crippen molar-refractivity contribution in [3.05, 3.63) is 45.7 Å². The van der Waals surface area contributed by atoms with Crippen LogP contribution in [0.25, 0.3) is 0 Å². The number of ether oxygens (including phenoxy) is 1. The Morgan fingerprint density at radius 1 is 1.18 bits per heavy atom. The highest BCUT2D eigenvalue weighted by Crippen LogP contribution is 2.35. The second kappa shape index (κ2) is 7.66. The molecule has 4 rings (SSSR count). The SMILES string of the molecule is CCOc1ccc([C@@H]2CC(=O)Nc3nc(N4CCC(C)CC4)[nH]c(=O)c32)cc1. The number of H-pyrrole nitrogens is 1. The number of amides is 1. The molecule has 1 saturated heterocycles. The first-order valence-corrected chi connectivity index (χ1v) is 9.97. The van der Waals surface area contributed by atoms with Crippen molar-refractivity contribution in [2.45, 2.75) is 39.0 Å². The number of rotatable bonds is 4. The van der Waals surface area contributed by atoms with Crippen LogP contribution >= 0.6 is 0 Å². The number of aromatic amines is 1. The first-order valence-electron chi connectivity index (χ1n) is 9.97. The first kappa shape index (κ1) is 18.5. The number of benzene rings is 1. The number of nitrogens with zero attached hydrogens (tertiary/aromatic N) is 2. The summed E-state index contributed by atoms with van der Waals surface area (Å²) in [7, 11) is 0. The molecule has 0 radical (unpaired) electrons. The van der Waals surface area contributed by atoms with Crippen LogP contribution in [0.2, 0.25) is 0 Å². The molecule has 1 amide bonds. The lowest BCUT2D eigenvalue weighted by atomic mass is 9.87. The van der Waals surface area contributed by atoms with Gasteiger partial charge in [0, 0.05) is 25.4 Å². The van der Waals surface area contributed by atoms with Gasteiger partial charge in [-0.25, -0.2) is 0 Å². The summed E-state index contributed by atoms with van der Waals surface area (Å²) in [6, 6.07) is 7.57. The van der Waals surface area contributed by atoms with Crippen molar-refractivity contribution in [1.29, 1.82) is 0 Å². The van der Waals surface area contributed by atoms with Crippen molar-refractivity contribution in [2.24, 2.45) is 5.92 Å². The largest absolute Gasteiger partial charge is 0.494 e. The normalized spacial score (nSPS) is 19.9. The van der Waals surface area contributed by atoms with Crippen LogP contribution in [-0.4, -0.2) is 35.6 Å². The molecular weight excluding hydrogens is 356 g/mol. The molecule has 7 heteroatoms. The Hall–Kier alpha value is -2.83. The number of fused-ring (bicyclic) bond motifs is 1. The lowest BCUT2D eigenvalue weighted by molar-refractivity contribution is -0.116. The topological polar surface area (TPSA) is 87.3 Å². The van der Waals surface area contributed by atoms with Gasteiger partial charge in [0.05, 0.1) is 12.2 Å². The monoisotopic (exact) mass is 382 g/mol. The van der Waals surface area contributed by atoms with Crippen molar-refractivity contribution in [3.63, 3.8) is 0 Å². The molecule has 1 aromatic carbocycles. The average molecular weight is 382 g/mol. The maximum Gasteiger partial charge on any atom is 0.258 e. The fraction of sp³-hybridized carbons (Fsp3) is 0.476. The van der Waals surface area contributed by atoms with E-state index < -0.39 is 0 Å². The molecule has 0 saturated carbocycles. The fourth-order valence-electron chi connectivity index (χ4n) is 3.98. The predicted octanol–water partition coefficient (Wildman–Crippen LogP) is 2.88. The number of nitrogens with one attached hydrogen (secondary N) is 2. The van der Waals surface area contributed by atoms with Gasteiger partial charge in [-0.15, -0.1) is 0 Å². The summed E-state index contributed by atoms with van der Waals surface area (Å²) >= 11 is 0. The molecule has 1 aromatic heterocycles. The van der Waals surface area contributed by atoms with Crippen LogP contribution < -0.4 is 20.5 Å². The molecule has 3 heterocycles. The summed E-state index contributed by atoms with van der Waals surface area (Å²) < 4.78 is 5.49. The van der Waals surface area contributed by atoms with Gasteiger partial charge in [-0.1, -0.05) is 19.1 Å². The Labute approximate surface area is 164 Å². The van der Waals surface area contributed by atoms with E-state index in [1.54, 1.807) is 0 Å². The summed E-state index contributed by atoms with van der Waals surface area (Å²) in [5.41, 5.74) is 1.25. The molecule has 28 heavy (non-hydrogen) atoms. The summed E-state index contributed by atoms with van der Waals surface area (Å²) in [4.78, 5) is 34.9. The summed E-state index contributed by atoms with van der Waals surface area (Å²) in [6.45, 7) is 6.48. The molecule has 2 aliphatic rings. The van der Waals surface area contributed by atoms with Gasteiger partial charge in [0.2, 0.25) is 11.9 Å². The Morgan fingerprint density at radius 3 is 2.57 bits per heavy atom. The molecule has 148 valence electrons. The minimum Gasteiger partial charge on any atom is -0.494 e. The summed E-state index contributed by atoms with van der Waals surface area (Å²) in [5, 5.41) is 2.80. The van der Waals surface area contributed by atoms with E-state index in [-0.39, 0.29) is 23.8 Å². The van der Waals surface area contributed by atoms with Gasteiger partial charge in [0.15, 0.2) is 0 Å². The van der Waals surface area contributed by atoms with Crippen LogP contribution in [0.5, 0.6) is 5.75 Å². The maximum absolute atomic E-state index is 13.0. The van der Waals surface area contributed by atoms with Gasteiger partial charge in [-0.05, 0) is 43.4 Å². The Bertz CT molecular complexity index is 914.